The van der Waals surface area contributed by atoms with Gasteiger partial charge in [-0.2, -0.15) is 0 Å². The molecule has 0 heterocycles. The number of carboxylic acids is 1. The molecule has 0 fully saturated rings. The van der Waals surface area contributed by atoms with E-state index in [1.807, 2.05) is 24.3 Å². The van der Waals surface area contributed by atoms with Crippen LogP contribution < -0.4 is 0 Å². The zero-order chi connectivity index (χ0) is 10.6. The Kier molecular flexibility index (Phi) is 3.65. The Hall–Kier alpha value is -1.35. The number of carboxylic acid groups (broad SMARTS) is 1. The Morgan fingerprint density at radius 2 is 2.14 bits per heavy atom. The van der Waals surface area contributed by atoms with E-state index in [-0.39, 0.29) is 0 Å². The molecule has 0 saturated carbocycles. The summed E-state index contributed by atoms with van der Waals surface area (Å²) in [5, 5.41) is 8.89. The van der Waals surface area contributed by atoms with Crippen molar-refractivity contribution in [3.05, 3.63) is 35.4 Å². The van der Waals surface area contributed by atoms with Crippen LogP contribution in [0.2, 0.25) is 0 Å². The molecule has 0 saturated heterocycles. The minimum atomic E-state index is -0.812. The molecule has 3 nitrogen and oxygen atoms in total. The van der Waals surface area contributed by atoms with Crippen molar-refractivity contribution in [3.63, 3.8) is 0 Å². The summed E-state index contributed by atoms with van der Waals surface area (Å²) < 4.78 is 5.01. The van der Waals surface area contributed by atoms with Gasteiger partial charge in [0.05, 0.1) is 12.5 Å². The van der Waals surface area contributed by atoms with Crippen molar-refractivity contribution in [1.29, 1.82) is 0 Å². The number of benzene rings is 1. The Morgan fingerprint density at radius 3 is 2.71 bits per heavy atom. The van der Waals surface area contributed by atoms with Gasteiger partial charge in [0.1, 0.15) is 0 Å². The normalized spacial score (nSPS) is 12.4. The molecule has 3 heteroatoms. The number of methoxy groups -OCH3 is 1. The highest BCUT2D eigenvalue weighted by molar-refractivity contribution is 5.76. The first-order valence-corrected chi connectivity index (χ1v) is 4.46. The van der Waals surface area contributed by atoms with Gasteiger partial charge in [-0.05, 0) is 18.1 Å². The Bertz CT molecular complexity index is 320. The Morgan fingerprint density at radius 1 is 1.50 bits per heavy atom. The summed E-state index contributed by atoms with van der Waals surface area (Å²) in [4.78, 5) is 10.8. The molecule has 1 rings (SSSR count). The average molecular weight is 194 g/mol. The molecule has 1 unspecified atom stereocenters. The number of rotatable bonds is 4. The van der Waals surface area contributed by atoms with Crippen LogP contribution in [0.25, 0.3) is 0 Å². The summed E-state index contributed by atoms with van der Waals surface area (Å²) in [6, 6.07) is 7.44. The topological polar surface area (TPSA) is 46.5 Å². The maximum absolute atomic E-state index is 10.8. The van der Waals surface area contributed by atoms with Crippen LogP contribution in [-0.2, 0) is 16.1 Å². The van der Waals surface area contributed by atoms with Crippen molar-refractivity contribution < 1.29 is 14.6 Å². The third-order valence-corrected chi connectivity index (χ3v) is 2.19. The molecule has 0 aliphatic rings. The molecule has 14 heavy (non-hydrogen) atoms. The number of carbonyl (C=O) groups is 1. The smallest absolute Gasteiger partial charge is 0.310 e. The van der Waals surface area contributed by atoms with Gasteiger partial charge in [-0.15, -0.1) is 0 Å². The number of ether oxygens (including phenoxy) is 1. The van der Waals surface area contributed by atoms with Crippen LogP contribution in [-0.4, -0.2) is 18.2 Å². The van der Waals surface area contributed by atoms with E-state index in [9.17, 15) is 4.79 Å². The molecular weight excluding hydrogens is 180 g/mol. The fraction of sp³-hybridized carbons (Fsp3) is 0.364. The molecule has 76 valence electrons. The summed E-state index contributed by atoms with van der Waals surface area (Å²) in [6.07, 6.45) is 0. The van der Waals surface area contributed by atoms with E-state index in [1.54, 1.807) is 14.0 Å². The minimum Gasteiger partial charge on any atom is -0.481 e. The second-order valence-electron chi connectivity index (χ2n) is 3.19. The fourth-order valence-corrected chi connectivity index (χ4v) is 1.38. The van der Waals surface area contributed by atoms with Gasteiger partial charge in [0.15, 0.2) is 0 Å². The largest absolute Gasteiger partial charge is 0.481 e. The highest BCUT2D eigenvalue weighted by atomic mass is 16.5. The molecule has 0 radical (unpaired) electrons. The van der Waals surface area contributed by atoms with Crippen molar-refractivity contribution in [1.82, 2.24) is 0 Å². The van der Waals surface area contributed by atoms with E-state index in [0.29, 0.717) is 6.61 Å². The predicted molar refractivity (Wildman–Crippen MR) is 53.2 cm³/mol. The molecule has 1 aromatic rings. The zero-order valence-corrected chi connectivity index (χ0v) is 8.36. The van der Waals surface area contributed by atoms with E-state index < -0.39 is 11.9 Å². The standard InChI is InChI=1S/C11H14O3/c1-8(11(12)13)10-6-4-3-5-9(10)7-14-2/h3-6,8H,7H2,1-2H3,(H,12,13). The summed E-state index contributed by atoms with van der Waals surface area (Å²) in [6.45, 7) is 2.13. The molecule has 0 aromatic heterocycles. The first kappa shape index (κ1) is 10.7. The van der Waals surface area contributed by atoms with Crippen molar-refractivity contribution in [2.45, 2.75) is 19.4 Å². The lowest BCUT2D eigenvalue weighted by molar-refractivity contribution is -0.138. The third kappa shape index (κ3) is 2.33. The molecule has 0 amide bonds. The van der Waals surface area contributed by atoms with Gasteiger partial charge in [0, 0.05) is 7.11 Å². The first-order valence-electron chi connectivity index (χ1n) is 4.46. The van der Waals surface area contributed by atoms with E-state index in [4.69, 9.17) is 9.84 Å². The van der Waals surface area contributed by atoms with E-state index in [0.717, 1.165) is 11.1 Å². The molecular formula is C11H14O3. The highest BCUT2D eigenvalue weighted by Gasteiger charge is 2.16. The predicted octanol–water partition coefficient (Wildman–Crippen LogP) is 2.02. The quantitative estimate of drug-likeness (QED) is 0.797. The van der Waals surface area contributed by atoms with Crippen molar-refractivity contribution in [3.8, 4) is 0 Å². The summed E-state index contributed by atoms with van der Waals surface area (Å²) in [5.74, 6) is -1.30. The monoisotopic (exact) mass is 194 g/mol. The van der Waals surface area contributed by atoms with Gasteiger partial charge in [0.2, 0.25) is 0 Å². The van der Waals surface area contributed by atoms with Crippen molar-refractivity contribution >= 4 is 5.97 Å². The number of hydrogen-bond donors (Lipinski definition) is 1. The lowest BCUT2D eigenvalue weighted by Crippen LogP contribution is -2.10. The van der Waals surface area contributed by atoms with Crippen LogP contribution >= 0.6 is 0 Å². The van der Waals surface area contributed by atoms with Crippen LogP contribution in [0.5, 0.6) is 0 Å². The maximum Gasteiger partial charge on any atom is 0.310 e. The molecule has 0 aliphatic carbocycles. The number of aliphatic carboxylic acids is 1. The average Bonchev–Trinajstić information content (AvgIpc) is 2.18. The summed E-state index contributed by atoms with van der Waals surface area (Å²) in [7, 11) is 1.60. The van der Waals surface area contributed by atoms with E-state index in [1.165, 1.54) is 0 Å². The van der Waals surface area contributed by atoms with Gasteiger partial charge in [-0.1, -0.05) is 24.3 Å². The molecule has 0 bridgehead atoms. The molecule has 1 N–H and O–H groups in total. The van der Waals surface area contributed by atoms with Gasteiger partial charge >= 0.3 is 5.97 Å². The van der Waals surface area contributed by atoms with Crippen LogP contribution in [0.3, 0.4) is 0 Å². The third-order valence-electron chi connectivity index (χ3n) is 2.19. The number of hydrogen-bond acceptors (Lipinski definition) is 2. The minimum absolute atomic E-state index is 0.452. The van der Waals surface area contributed by atoms with Gasteiger partial charge in [0.25, 0.3) is 0 Å². The lowest BCUT2D eigenvalue weighted by atomic mass is 9.96. The summed E-state index contributed by atoms with van der Waals surface area (Å²) in [5.41, 5.74) is 1.76. The molecule has 0 spiro atoms. The molecule has 0 aliphatic heterocycles. The van der Waals surface area contributed by atoms with Crippen LogP contribution in [0.1, 0.15) is 24.0 Å². The SMILES string of the molecule is COCc1ccccc1C(C)C(=O)O. The fourth-order valence-electron chi connectivity index (χ4n) is 1.38. The molecule has 1 atom stereocenters. The second-order valence-corrected chi connectivity index (χ2v) is 3.19. The van der Waals surface area contributed by atoms with Crippen molar-refractivity contribution in [2.75, 3.05) is 7.11 Å². The van der Waals surface area contributed by atoms with Crippen molar-refractivity contribution in [2.24, 2.45) is 0 Å². The maximum atomic E-state index is 10.8. The van der Waals surface area contributed by atoms with Gasteiger partial charge in [-0.3, -0.25) is 4.79 Å². The molecule has 1 aromatic carbocycles. The lowest BCUT2D eigenvalue weighted by Gasteiger charge is -2.11. The Balaban J connectivity index is 3.00. The van der Waals surface area contributed by atoms with E-state index >= 15 is 0 Å². The van der Waals surface area contributed by atoms with E-state index in [2.05, 4.69) is 0 Å². The zero-order valence-electron chi connectivity index (χ0n) is 8.36. The van der Waals surface area contributed by atoms with Gasteiger partial charge < -0.3 is 9.84 Å². The van der Waals surface area contributed by atoms with Crippen LogP contribution in [0, 0.1) is 0 Å². The van der Waals surface area contributed by atoms with Crippen LogP contribution in [0.4, 0.5) is 0 Å². The Labute approximate surface area is 83.3 Å². The highest BCUT2D eigenvalue weighted by Crippen LogP contribution is 2.20. The summed E-state index contributed by atoms with van der Waals surface area (Å²) >= 11 is 0. The first-order chi connectivity index (χ1) is 6.66. The van der Waals surface area contributed by atoms with Crippen LogP contribution in [0.15, 0.2) is 24.3 Å². The second kappa shape index (κ2) is 4.77. The van der Waals surface area contributed by atoms with Gasteiger partial charge in [-0.25, -0.2) is 0 Å².